The molecule has 1 atom stereocenters. The van der Waals surface area contributed by atoms with Crippen molar-refractivity contribution in [2.24, 2.45) is 0 Å². The fraction of sp³-hybridized carbons (Fsp3) is 0.286. The summed E-state index contributed by atoms with van der Waals surface area (Å²) in [5.41, 5.74) is 2.39. The van der Waals surface area contributed by atoms with E-state index in [1.807, 2.05) is 43.3 Å². The highest BCUT2D eigenvalue weighted by Crippen LogP contribution is 2.39. The summed E-state index contributed by atoms with van der Waals surface area (Å²) < 4.78 is 0.912. The Balaban J connectivity index is 1.55. The third kappa shape index (κ3) is 3.09. The van der Waals surface area contributed by atoms with E-state index >= 15 is 0 Å². The van der Waals surface area contributed by atoms with Gasteiger partial charge in [-0.2, -0.15) is 0 Å². The highest BCUT2D eigenvalue weighted by Gasteiger charge is 2.54. The van der Waals surface area contributed by atoms with Gasteiger partial charge in [0, 0.05) is 10.2 Å². The maximum Gasteiger partial charge on any atom is 0.325 e. The molecule has 0 aromatic heterocycles. The Kier molecular flexibility index (Phi) is 4.71. The largest absolute Gasteiger partial charge is 0.325 e. The van der Waals surface area contributed by atoms with Crippen LogP contribution < -0.4 is 10.6 Å². The van der Waals surface area contributed by atoms with Gasteiger partial charge in [-0.3, -0.25) is 14.5 Å². The number of nitrogens with one attached hydrogen (secondary N) is 2. The van der Waals surface area contributed by atoms with Crippen LogP contribution in [0.3, 0.4) is 0 Å². The van der Waals surface area contributed by atoms with E-state index in [1.54, 1.807) is 6.07 Å². The number of amides is 4. The van der Waals surface area contributed by atoms with Crippen LogP contribution >= 0.6 is 15.9 Å². The molecule has 0 radical (unpaired) electrons. The number of aryl methyl sites for hydroxylation is 2. The van der Waals surface area contributed by atoms with Crippen molar-refractivity contribution in [3.63, 3.8) is 0 Å². The number of fused-ring (bicyclic) bond motifs is 2. The minimum Gasteiger partial charge on any atom is -0.324 e. The fourth-order valence-corrected chi connectivity index (χ4v) is 4.53. The lowest BCUT2D eigenvalue weighted by Gasteiger charge is -2.33. The van der Waals surface area contributed by atoms with Crippen LogP contribution in [0, 0.1) is 6.92 Å². The number of urea groups is 1. The Morgan fingerprint density at radius 3 is 2.82 bits per heavy atom. The molecule has 0 bridgehead atoms. The Bertz CT molecular complexity index is 991. The summed E-state index contributed by atoms with van der Waals surface area (Å²) in [5, 5.41) is 5.65. The first kappa shape index (κ1) is 18.7. The molecule has 1 fully saturated rings. The zero-order chi connectivity index (χ0) is 19.9. The number of carbonyl (C=O) groups is 3. The average Bonchev–Trinajstić information content (AvgIpc) is 2.89. The summed E-state index contributed by atoms with van der Waals surface area (Å²) in [4.78, 5) is 39.3. The van der Waals surface area contributed by atoms with E-state index in [4.69, 9.17) is 0 Å². The van der Waals surface area contributed by atoms with E-state index in [-0.39, 0.29) is 12.5 Å². The predicted octanol–water partition coefficient (Wildman–Crippen LogP) is 3.48. The Labute approximate surface area is 171 Å². The van der Waals surface area contributed by atoms with E-state index in [9.17, 15) is 14.4 Å². The SMILES string of the molecule is Cc1cc(Br)ccc1NC(=O)CN1C(=O)N[C@]2(CCCc3ccccc32)C1=O. The maximum atomic E-state index is 13.2. The Morgan fingerprint density at radius 1 is 1.25 bits per heavy atom. The van der Waals surface area contributed by atoms with Crippen molar-refractivity contribution >= 4 is 39.5 Å². The summed E-state index contributed by atoms with van der Waals surface area (Å²) in [7, 11) is 0. The number of hydrogen-bond acceptors (Lipinski definition) is 3. The van der Waals surface area contributed by atoms with Crippen LogP contribution in [0.1, 0.15) is 29.5 Å². The number of rotatable bonds is 3. The highest BCUT2D eigenvalue weighted by atomic mass is 79.9. The van der Waals surface area contributed by atoms with Gasteiger partial charge in [0.25, 0.3) is 5.91 Å². The van der Waals surface area contributed by atoms with E-state index in [0.29, 0.717) is 12.1 Å². The van der Waals surface area contributed by atoms with Gasteiger partial charge in [-0.05, 0) is 61.1 Å². The molecule has 28 heavy (non-hydrogen) atoms. The van der Waals surface area contributed by atoms with Gasteiger partial charge in [0.05, 0.1) is 0 Å². The summed E-state index contributed by atoms with van der Waals surface area (Å²) in [6.45, 7) is 1.56. The molecule has 2 aliphatic rings. The molecule has 4 amide bonds. The van der Waals surface area contributed by atoms with Gasteiger partial charge in [-0.1, -0.05) is 40.2 Å². The molecular weight excluding hydrogens is 422 g/mol. The van der Waals surface area contributed by atoms with E-state index in [1.165, 1.54) is 0 Å². The zero-order valence-electron chi connectivity index (χ0n) is 15.4. The zero-order valence-corrected chi connectivity index (χ0v) is 17.0. The van der Waals surface area contributed by atoms with Crippen LogP contribution in [0.2, 0.25) is 0 Å². The second kappa shape index (κ2) is 7.05. The van der Waals surface area contributed by atoms with Crippen LogP contribution in [-0.2, 0) is 21.5 Å². The molecule has 2 aromatic carbocycles. The van der Waals surface area contributed by atoms with Gasteiger partial charge < -0.3 is 10.6 Å². The number of halogens is 1. The molecule has 2 N–H and O–H groups in total. The fourth-order valence-electron chi connectivity index (χ4n) is 4.06. The first-order chi connectivity index (χ1) is 13.4. The van der Waals surface area contributed by atoms with Crippen molar-refractivity contribution in [1.29, 1.82) is 0 Å². The molecule has 1 heterocycles. The number of anilines is 1. The van der Waals surface area contributed by atoms with Gasteiger partial charge in [-0.15, -0.1) is 0 Å². The quantitative estimate of drug-likeness (QED) is 0.715. The maximum absolute atomic E-state index is 13.2. The molecule has 7 heteroatoms. The molecule has 1 aliphatic carbocycles. The molecule has 1 saturated heterocycles. The standard InChI is InChI=1S/C21H20BrN3O3/c1-13-11-15(22)8-9-17(13)23-18(26)12-25-19(27)21(24-20(25)28)10-4-6-14-5-2-3-7-16(14)21/h2-3,5,7-9,11H,4,6,10,12H2,1H3,(H,23,26)(H,24,28)/t21-/m0/s1. The van der Waals surface area contributed by atoms with Crippen molar-refractivity contribution in [2.45, 2.75) is 31.7 Å². The lowest BCUT2D eigenvalue weighted by atomic mass is 9.76. The van der Waals surface area contributed by atoms with Crippen LogP contribution in [0.15, 0.2) is 46.9 Å². The van der Waals surface area contributed by atoms with Gasteiger partial charge in [0.1, 0.15) is 12.1 Å². The molecule has 0 saturated carbocycles. The van der Waals surface area contributed by atoms with Crippen LogP contribution in [0.25, 0.3) is 0 Å². The topological polar surface area (TPSA) is 78.5 Å². The monoisotopic (exact) mass is 441 g/mol. The normalized spacial score (nSPS) is 20.9. The summed E-state index contributed by atoms with van der Waals surface area (Å²) >= 11 is 3.38. The highest BCUT2D eigenvalue weighted by molar-refractivity contribution is 9.10. The number of imide groups is 1. The summed E-state index contributed by atoms with van der Waals surface area (Å²) in [6, 6.07) is 12.7. The number of benzene rings is 2. The third-order valence-corrected chi connectivity index (χ3v) is 5.91. The Morgan fingerprint density at radius 2 is 2.04 bits per heavy atom. The summed E-state index contributed by atoms with van der Waals surface area (Å²) in [5.74, 6) is -0.762. The first-order valence-electron chi connectivity index (χ1n) is 9.19. The minimum atomic E-state index is -1.06. The molecular formula is C21H20BrN3O3. The van der Waals surface area contributed by atoms with Crippen LogP contribution in [-0.4, -0.2) is 29.3 Å². The molecule has 1 spiro atoms. The molecule has 2 aromatic rings. The second-order valence-corrected chi connectivity index (χ2v) is 8.16. The molecule has 6 nitrogen and oxygen atoms in total. The predicted molar refractivity (Wildman–Crippen MR) is 109 cm³/mol. The van der Waals surface area contributed by atoms with Gasteiger partial charge in [0.15, 0.2) is 0 Å². The summed E-state index contributed by atoms with van der Waals surface area (Å²) in [6.07, 6.45) is 2.23. The van der Waals surface area contributed by atoms with E-state index in [2.05, 4.69) is 26.6 Å². The number of nitrogens with zero attached hydrogens (tertiary/aromatic N) is 1. The van der Waals surface area contributed by atoms with Gasteiger partial charge >= 0.3 is 6.03 Å². The van der Waals surface area contributed by atoms with Gasteiger partial charge in [-0.25, -0.2) is 4.79 Å². The van der Waals surface area contributed by atoms with Crippen molar-refractivity contribution in [3.05, 3.63) is 63.6 Å². The first-order valence-corrected chi connectivity index (χ1v) is 9.98. The average molecular weight is 442 g/mol. The third-order valence-electron chi connectivity index (χ3n) is 5.42. The molecule has 1 aliphatic heterocycles. The molecule has 144 valence electrons. The molecule has 0 unspecified atom stereocenters. The molecule has 4 rings (SSSR count). The lowest BCUT2D eigenvalue weighted by Crippen LogP contribution is -2.47. The number of hydrogen-bond donors (Lipinski definition) is 2. The minimum absolute atomic E-state index is 0.315. The van der Waals surface area contributed by atoms with E-state index < -0.39 is 17.5 Å². The van der Waals surface area contributed by atoms with Crippen LogP contribution in [0.5, 0.6) is 0 Å². The second-order valence-electron chi connectivity index (χ2n) is 7.24. The Hall–Kier alpha value is -2.67. The van der Waals surface area contributed by atoms with Gasteiger partial charge in [0.2, 0.25) is 5.91 Å². The van der Waals surface area contributed by atoms with Crippen molar-refractivity contribution < 1.29 is 14.4 Å². The van der Waals surface area contributed by atoms with E-state index in [0.717, 1.165) is 38.9 Å². The van der Waals surface area contributed by atoms with Crippen molar-refractivity contribution in [1.82, 2.24) is 10.2 Å². The van der Waals surface area contributed by atoms with Crippen molar-refractivity contribution in [3.8, 4) is 0 Å². The number of carbonyl (C=O) groups excluding carboxylic acids is 3. The lowest BCUT2D eigenvalue weighted by molar-refractivity contribution is -0.134. The van der Waals surface area contributed by atoms with Crippen molar-refractivity contribution in [2.75, 3.05) is 11.9 Å². The van der Waals surface area contributed by atoms with Crippen LogP contribution in [0.4, 0.5) is 10.5 Å². The smallest absolute Gasteiger partial charge is 0.324 e.